The molecule has 0 aliphatic carbocycles. The number of thioether (sulfide) groups is 1. The lowest BCUT2D eigenvalue weighted by atomic mass is 10.1. The van der Waals surface area contributed by atoms with E-state index in [0.29, 0.717) is 0 Å². The summed E-state index contributed by atoms with van der Waals surface area (Å²) in [7, 11) is 0. The first-order valence-corrected chi connectivity index (χ1v) is 5.48. The maximum absolute atomic E-state index is 3.81. The molecule has 0 aromatic heterocycles. The van der Waals surface area contributed by atoms with Crippen LogP contribution in [0.3, 0.4) is 0 Å². The topological polar surface area (TPSA) is 0 Å². The number of hydrogen-bond donors (Lipinski definition) is 0. The largest absolute Gasteiger partial charge is 0.129 e. The van der Waals surface area contributed by atoms with Crippen LogP contribution in [-0.2, 0) is 0 Å². The van der Waals surface area contributed by atoms with Crippen LogP contribution in [0.2, 0.25) is 0 Å². The van der Waals surface area contributed by atoms with Gasteiger partial charge in [0, 0.05) is 4.90 Å². The zero-order chi connectivity index (χ0) is 9.68. The lowest BCUT2D eigenvalue weighted by Crippen LogP contribution is -1.83. The molecule has 0 spiro atoms. The van der Waals surface area contributed by atoms with E-state index in [1.807, 2.05) is 13.0 Å². The van der Waals surface area contributed by atoms with Crippen LogP contribution in [0.1, 0.15) is 18.1 Å². The second-order valence-electron chi connectivity index (χ2n) is 2.67. The van der Waals surface area contributed by atoms with Gasteiger partial charge in [-0.3, -0.25) is 0 Å². The van der Waals surface area contributed by atoms with Crippen LogP contribution >= 0.6 is 11.8 Å². The highest BCUT2D eigenvalue weighted by molar-refractivity contribution is 7.98. The molecule has 0 aliphatic heterocycles. The maximum atomic E-state index is 3.81. The summed E-state index contributed by atoms with van der Waals surface area (Å²) >= 11 is 1.77. The van der Waals surface area contributed by atoms with Crippen molar-refractivity contribution in [1.29, 1.82) is 0 Å². The van der Waals surface area contributed by atoms with E-state index >= 15 is 0 Å². The van der Waals surface area contributed by atoms with Crippen LogP contribution in [0, 0.1) is 0 Å². The molecule has 0 bridgehead atoms. The highest BCUT2D eigenvalue weighted by Gasteiger charge is 2.00. The number of rotatable bonds is 3. The van der Waals surface area contributed by atoms with Crippen LogP contribution < -0.4 is 0 Å². The second-order valence-corrected chi connectivity index (χ2v) is 3.52. The molecule has 0 saturated heterocycles. The zero-order valence-corrected chi connectivity index (χ0v) is 8.90. The van der Waals surface area contributed by atoms with Crippen LogP contribution in [0.15, 0.2) is 35.7 Å². The molecule has 0 heterocycles. The van der Waals surface area contributed by atoms with Crippen molar-refractivity contribution in [3.63, 3.8) is 0 Å². The molecule has 0 N–H and O–H groups in total. The van der Waals surface area contributed by atoms with Gasteiger partial charge in [-0.2, -0.15) is 0 Å². The summed E-state index contributed by atoms with van der Waals surface area (Å²) in [4.78, 5) is 1.30. The highest BCUT2D eigenvalue weighted by Crippen LogP contribution is 2.25. The van der Waals surface area contributed by atoms with E-state index < -0.39 is 0 Å². The molecule has 68 valence electrons. The van der Waals surface area contributed by atoms with Crippen molar-refractivity contribution < 1.29 is 0 Å². The quantitative estimate of drug-likeness (QED) is 0.647. The molecule has 0 fully saturated rings. The van der Waals surface area contributed by atoms with Crippen molar-refractivity contribution in [1.82, 2.24) is 0 Å². The van der Waals surface area contributed by atoms with Crippen LogP contribution in [0.4, 0.5) is 0 Å². The summed E-state index contributed by atoms with van der Waals surface area (Å²) in [5, 5.41) is 0. The number of hydrogen-bond acceptors (Lipinski definition) is 1. The standard InChI is InChI=1S/C12H14S/c1-4-7-11-10(5-2)8-6-9-12(11)13-3/h4-9H,2H2,1,3H3/b7-4-. The first-order chi connectivity index (χ1) is 6.33. The Morgan fingerprint density at radius 3 is 2.69 bits per heavy atom. The fourth-order valence-electron chi connectivity index (χ4n) is 1.26. The molecule has 0 amide bonds. The Morgan fingerprint density at radius 2 is 2.15 bits per heavy atom. The molecular formula is C12H14S. The van der Waals surface area contributed by atoms with Gasteiger partial charge < -0.3 is 0 Å². The normalized spacial score (nSPS) is 10.6. The number of allylic oxidation sites excluding steroid dienone is 1. The lowest BCUT2D eigenvalue weighted by molar-refractivity contribution is 1.40. The van der Waals surface area contributed by atoms with Gasteiger partial charge in [0.1, 0.15) is 0 Å². The minimum Gasteiger partial charge on any atom is -0.129 e. The Kier molecular flexibility index (Phi) is 3.84. The van der Waals surface area contributed by atoms with E-state index in [2.05, 4.69) is 43.2 Å². The summed E-state index contributed by atoms with van der Waals surface area (Å²) in [6.45, 7) is 5.84. The Hall–Kier alpha value is -0.950. The Labute approximate surface area is 84.4 Å². The molecule has 1 heteroatoms. The monoisotopic (exact) mass is 190 g/mol. The van der Waals surface area contributed by atoms with E-state index in [1.54, 1.807) is 11.8 Å². The van der Waals surface area contributed by atoms with Crippen molar-refractivity contribution in [3.8, 4) is 0 Å². The van der Waals surface area contributed by atoms with Crippen LogP contribution in [0.5, 0.6) is 0 Å². The average Bonchev–Trinajstić information content (AvgIpc) is 2.18. The van der Waals surface area contributed by atoms with Gasteiger partial charge in [0.2, 0.25) is 0 Å². The number of benzene rings is 1. The third-order valence-corrected chi connectivity index (χ3v) is 2.67. The molecule has 13 heavy (non-hydrogen) atoms. The summed E-state index contributed by atoms with van der Waals surface area (Å²) in [6, 6.07) is 6.28. The minimum absolute atomic E-state index is 1.20. The van der Waals surface area contributed by atoms with Gasteiger partial charge in [0.15, 0.2) is 0 Å². The van der Waals surface area contributed by atoms with Gasteiger partial charge in [-0.1, -0.05) is 36.9 Å². The van der Waals surface area contributed by atoms with Gasteiger partial charge in [0.05, 0.1) is 0 Å². The molecule has 0 radical (unpaired) electrons. The van der Waals surface area contributed by atoms with Crippen molar-refractivity contribution >= 4 is 23.9 Å². The van der Waals surface area contributed by atoms with Gasteiger partial charge in [-0.15, -0.1) is 11.8 Å². The zero-order valence-electron chi connectivity index (χ0n) is 8.08. The van der Waals surface area contributed by atoms with Crippen molar-refractivity contribution in [2.24, 2.45) is 0 Å². The van der Waals surface area contributed by atoms with Gasteiger partial charge in [0.25, 0.3) is 0 Å². The Bertz CT molecular complexity index is 324. The molecule has 0 nitrogen and oxygen atoms in total. The van der Waals surface area contributed by atoms with E-state index in [4.69, 9.17) is 0 Å². The summed E-state index contributed by atoms with van der Waals surface area (Å²) in [5.41, 5.74) is 2.47. The predicted octanol–water partition coefficient (Wildman–Crippen LogP) is 4.08. The first-order valence-electron chi connectivity index (χ1n) is 4.25. The molecule has 1 aromatic carbocycles. The summed E-state index contributed by atoms with van der Waals surface area (Å²) in [6.07, 6.45) is 8.18. The molecule has 0 saturated carbocycles. The second kappa shape index (κ2) is 4.93. The van der Waals surface area contributed by atoms with E-state index in [0.717, 1.165) is 0 Å². The van der Waals surface area contributed by atoms with Crippen LogP contribution in [-0.4, -0.2) is 6.26 Å². The molecule has 0 atom stereocenters. The van der Waals surface area contributed by atoms with Crippen molar-refractivity contribution in [3.05, 3.63) is 42.0 Å². The smallest absolute Gasteiger partial charge is 0.0147 e. The van der Waals surface area contributed by atoms with Gasteiger partial charge in [-0.05, 0) is 30.4 Å². The third-order valence-electron chi connectivity index (χ3n) is 1.87. The highest BCUT2D eigenvalue weighted by atomic mass is 32.2. The minimum atomic E-state index is 1.20. The van der Waals surface area contributed by atoms with E-state index in [9.17, 15) is 0 Å². The Balaban J connectivity index is 3.28. The predicted molar refractivity (Wildman–Crippen MR) is 63.0 cm³/mol. The van der Waals surface area contributed by atoms with Gasteiger partial charge in [-0.25, -0.2) is 0 Å². The molecule has 0 unspecified atom stereocenters. The SMILES string of the molecule is C=Cc1cccc(SC)c1/C=C\C. The van der Waals surface area contributed by atoms with E-state index in [1.165, 1.54) is 16.0 Å². The van der Waals surface area contributed by atoms with Crippen molar-refractivity contribution in [2.75, 3.05) is 6.26 Å². The Morgan fingerprint density at radius 1 is 1.38 bits per heavy atom. The van der Waals surface area contributed by atoms with Crippen molar-refractivity contribution in [2.45, 2.75) is 11.8 Å². The fraction of sp³-hybridized carbons (Fsp3) is 0.167. The summed E-state index contributed by atoms with van der Waals surface area (Å²) in [5.74, 6) is 0. The lowest BCUT2D eigenvalue weighted by Gasteiger charge is -2.06. The average molecular weight is 190 g/mol. The fourth-order valence-corrected chi connectivity index (χ4v) is 1.88. The molecular weight excluding hydrogens is 176 g/mol. The molecule has 1 rings (SSSR count). The molecule has 0 aliphatic rings. The molecule has 1 aromatic rings. The third kappa shape index (κ3) is 2.25. The van der Waals surface area contributed by atoms with Gasteiger partial charge >= 0.3 is 0 Å². The van der Waals surface area contributed by atoms with E-state index in [-0.39, 0.29) is 0 Å². The van der Waals surface area contributed by atoms with Crippen LogP contribution in [0.25, 0.3) is 12.2 Å². The summed E-state index contributed by atoms with van der Waals surface area (Å²) < 4.78 is 0. The maximum Gasteiger partial charge on any atom is 0.0147 e. The first kappa shape index (κ1) is 10.1.